The van der Waals surface area contributed by atoms with Gasteiger partial charge in [-0.1, -0.05) is 26.8 Å². The summed E-state index contributed by atoms with van der Waals surface area (Å²) in [6.45, 7) is 6.71. The molecule has 0 radical (unpaired) electrons. The summed E-state index contributed by atoms with van der Waals surface area (Å²) in [5.41, 5.74) is 0.163. The molecule has 0 aromatic heterocycles. The molecule has 106 valence electrons. The Kier molecular flexibility index (Phi) is 3.99. The van der Waals surface area contributed by atoms with Crippen LogP contribution in [0, 0.1) is 16.7 Å². The maximum absolute atomic E-state index is 12.5. The number of benzene rings is 1. The first kappa shape index (κ1) is 14.4. The number of nitriles is 1. The van der Waals surface area contributed by atoms with Gasteiger partial charge < -0.3 is 9.47 Å². The van der Waals surface area contributed by atoms with E-state index in [0.717, 1.165) is 0 Å². The lowest BCUT2D eigenvalue weighted by atomic mass is 9.77. The summed E-state index contributed by atoms with van der Waals surface area (Å²) in [5, 5.41) is 9.37. The number of rotatable bonds is 4. The molecule has 1 aliphatic rings. The van der Waals surface area contributed by atoms with Crippen LogP contribution < -0.4 is 9.47 Å². The Morgan fingerprint density at radius 3 is 2.60 bits per heavy atom. The van der Waals surface area contributed by atoms with Crippen molar-refractivity contribution in [2.45, 2.75) is 33.1 Å². The highest BCUT2D eigenvalue weighted by Gasteiger charge is 2.33. The van der Waals surface area contributed by atoms with E-state index in [2.05, 4.69) is 6.07 Å². The van der Waals surface area contributed by atoms with Crippen LogP contribution >= 0.6 is 0 Å². The predicted molar refractivity (Wildman–Crippen MR) is 74.9 cm³/mol. The van der Waals surface area contributed by atoms with Gasteiger partial charge in [0.25, 0.3) is 0 Å². The van der Waals surface area contributed by atoms with Crippen molar-refractivity contribution in [1.82, 2.24) is 0 Å². The first-order valence-corrected chi connectivity index (χ1v) is 6.83. The predicted octanol–water partition coefficient (Wildman–Crippen LogP) is 3.07. The van der Waals surface area contributed by atoms with Crippen LogP contribution in [0.25, 0.3) is 0 Å². The van der Waals surface area contributed by atoms with Crippen LogP contribution in [-0.2, 0) is 4.79 Å². The molecule has 1 unspecified atom stereocenters. The highest BCUT2D eigenvalue weighted by Crippen LogP contribution is 2.36. The molecule has 0 N–H and O–H groups in total. The number of Topliss-reactive ketones (excluding diaryl/α,β-unsaturated/α-hetero) is 1. The molecule has 1 heterocycles. The summed E-state index contributed by atoms with van der Waals surface area (Å²) >= 11 is 0. The van der Waals surface area contributed by atoms with E-state index in [-0.39, 0.29) is 5.78 Å². The number of hydrogen-bond donors (Lipinski definition) is 0. The number of carbonyl (C=O) groups is 1. The molecule has 1 aliphatic heterocycles. The Labute approximate surface area is 119 Å². The molecular formula is C16H19NO3. The zero-order valence-corrected chi connectivity index (χ0v) is 12.1. The standard InChI is InChI=1S/C16H19NO3/c1-4-16(2,3)15(18)12(10-17)11-5-6-13-14(9-11)20-8-7-19-13/h5-6,9,12H,4,7-8H2,1-3H3. The van der Waals surface area contributed by atoms with Crippen LogP contribution in [0.1, 0.15) is 38.7 Å². The third-order valence-electron chi connectivity index (χ3n) is 3.84. The van der Waals surface area contributed by atoms with E-state index in [1.54, 1.807) is 18.2 Å². The number of fused-ring (bicyclic) bond motifs is 1. The maximum Gasteiger partial charge on any atom is 0.161 e. The van der Waals surface area contributed by atoms with Gasteiger partial charge >= 0.3 is 0 Å². The molecule has 0 saturated heterocycles. The second-order valence-electron chi connectivity index (χ2n) is 5.57. The van der Waals surface area contributed by atoms with Gasteiger partial charge in [-0.15, -0.1) is 0 Å². The van der Waals surface area contributed by atoms with Gasteiger partial charge in [-0.05, 0) is 24.1 Å². The fourth-order valence-corrected chi connectivity index (χ4v) is 2.09. The Morgan fingerprint density at radius 2 is 2.00 bits per heavy atom. The minimum Gasteiger partial charge on any atom is -0.486 e. The zero-order chi connectivity index (χ0) is 14.8. The normalized spacial score (nSPS) is 15.3. The first-order valence-electron chi connectivity index (χ1n) is 6.83. The molecule has 0 amide bonds. The summed E-state index contributed by atoms with van der Waals surface area (Å²) < 4.78 is 11.0. The van der Waals surface area contributed by atoms with Crippen molar-refractivity contribution in [2.75, 3.05) is 13.2 Å². The third kappa shape index (κ3) is 2.62. The van der Waals surface area contributed by atoms with Crippen molar-refractivity contribution < 1.29 is 14.3 Å². The molecule has 1 atom stereocenters. The number of carbonyl (C=O) groups excluding carboxylic acids is 1. The number of ether oxygens (including phenoxy) is 2. The fourth-order valence-electron chi connectivity index (χ4n) is 2.09. The lowest BCUT2D eigenvalue weighted by molar-refractivity contribution is -0.127. The maximum atomic E-state index is 12.5. The van der Waals surface area contributed by atoms with E-state index in [9.17, 15) is 10.1 Å². The minimum atomic E-state index is -0.763. The van der Waals surface area contributed by atoms with Crippen molar-refractivity contribution in [3.8, 4) is 17.6 Å². The average Bonchev–Trinajstić information content (AvgIpc) is 2.47. The highest BCUT2D eigenvalue weighted by molar-refractivity contribution is 5.92. The molecular weight excluding hydrogens is 254 g/mol. The topological polar surface area (TPSA) is 59.3 Å². The van der Waals surface area contributed by atoms with Gasteiger partial charge in [0.15, 0.2) is 17.3 Å². The summed E-state index contributed by atoms with van der Waals surface area (Å²) in [7, 11) is 0. The molecule has 1 aromatic carbocycles. The van der Waals surface area contributed by atoms with Gasteiger partial charge in [-0.3, -0.25) is 4.79 Å². The monoisotopic (exact) mass is 273 g/mol. The second-order valence-corrected chi connectivity index (χ2v) is 5.57. The quantitative estimate of drug-likeness (QED) is 0.846. The highest BCUT2D eigenvalue weighted by atomic mass is 16.6. The lowest BCUT2D eigenvalue weighted by Crippen LogP contribution is -2.28. The largest absolute Gasteiger partial charge is 0.486 e. The van der Waals surface area contributed by atoms with Gasteiger partial charge in [0, 0.05) is 5.41 Å². The Bertz CT molecular complexity index is 557. The van der Waals surface area contributed by atoms with Crippen molar-refractivity contribution in [3.05, 3.63) is 23.8 Å². The van der Waals surface area contributed by atoms with Crippen LogP contribution in [0.3, 0.4) is 0 Å². The molecule has 2 rings (SSSR count). The average molecular weight is 273 g/mol. The summed E-state index contributed by atoms with van der Waals surface area (Å²) in [6.07, 6.45) is 0.703. The molecule has 0 spiro atoms. The summed E-state index contributed by atoms with van der Waals surface area (Å²) in [5.74, 6) is 0.454. The van der Waals surface area contributed by atoms with Gasteiger partial charge in [0.1, 0.15) is 19.1 Å². The zero-order valence-electron chi connectivity index (χ0n) is 12.1. The molecule has 20 heavy (non-hydrogen) atoms. The molecule has 4 heteroatoms. The van der Waals surface area contributed by atoms with Gasteiger partial charge in [0.2, 0.25) is 0 Å². The van der Waals surface area contributed by atoms with Gasteiger partial charge in [0.05, 0.1) is 6.07 Å². The molecule has 0 bridgehead atoms. The molecule has 0 fully saturated rings. The van der Waals surface area contributed by atoms with E-state index in [1.165, 1.54) is 0 Å². The third-order valence-corrected chi connectivity index (χ3v) is 3.84. The number of nitrogens with zero attached hydrogens (tertiary/aromatic N) is 1. The lowest BCUT2D eigenvalue weighted by Gasteiger charge is -2.25. The Balaban J connectivity index is 2.33. The van der Waals surface area contributed by atoms with Crippen molar-refractivity contribution >= 4 is 5.78 Å². The smallest absolute Gasteiger partial charge is 0.161 e. The Morgan fingerprint density at radius 1 is 1.35 bits per heavy atom. The van der Waals surface area contributed by atoms with Gasteiger partial charge in [-0.2, -0.15) is 5.26 Å². The van der Waals surface area contributed by atoms with Crippen LogP contribution in [-0.4, -0.2) is 19.0 Å². The van der Waals surface area contributed by atoms with Crippen LogP contribution in [0.5, 0.6) is 11.5 Å². The number of ketones is 1. The molecule has 1 aromatic rings. The van der Waals surface area contributed by atoms with Crippen molar-refractivity contribution in [2.24, 2.45) is 5.41 Å². The summed E-state index contributed by atoms with van der Waals surface area (Å²) in [6, 6.07) is 7.39. The molecule has 4 nitrogen and oxygen atoms in total. The van der Waals surface area contributed by atoms with E-state index in [0.29, 0.717) is 36.7 Å². The van der Waals surface area contributed by atoms with Crippen LogP contribution in [0.4, 0.5) is 0 Å². The Hall–Kier alpha value is -2.02. The van der Waals surface area contributed by atoms with E-state index in [1.807, 2.05) is 20.8 Å². The van der Waals surface area contributed by atoms with Crippen LogP contribution in [0.2, 0.25) is 0 Å². The molecule has 0 saturated carbocycles. The number of hydrogen-bond acceptors (Lipinski definition) is 4. The van der Waals surface area contributed by atoms with E-state index >= 15 is 0 Å². The van der Waals surface area contributed by atoms with Crippen LogP contribution in [0.15, 0.2) is 18.2 Å². The second kappa shape index (κ2) is 5.54. The molecule has 0 aliphatic carbocycles. The van der Waals surface area contributed by atoms with E-state index < -0.39 is 11.3 Å². The minimum absolute atomic E-state index is 0.0563. The summed E-state index contributed by atoms with van der Waals surface area (Å²) in [4.78, 5) is 12.5. The van der Waals surface area contributed by atoms with Crippen molar-refractivity contribution in [3.63, 3.8) is 0 Å². The fraction of sp³-hybridized carbons (Fsp3) is 0.500. The van der Waals surface area contributed by atoms with Crippen molar-refractivity contribution in [1.29, 1.82) is 5.26 Å². The SMILES string of the molecule is CCC(C)(C)C(=O)C(C#N)c1ccc2c(c1)OCCO2. The van der Waals surface area contributed by atoms with E-state index in [4.69, 9.17) is 9.47 Å². The van der Waals surface area contributed by atoms with Gasteiger partial charge in [-0.25, -0.2) is 0 Å². The first-order chi connectivity index (χ1) is 9.49.